The fourth-order valence-corrected chi connectivity index (χ4v) is 10.7. The quantitative estimate of drug-likeness (QED) is 0.458. The predicted molar refractivity (Wildman–Crippen MR) is 127 cm³/mol. The molecule has 3 heteroatoms. The van der Waals surface area contributed by atoms with Crippen LogP contribution in [-0.2, 0) is 14.2 Å². The molecule has 0 aromatic heterocycles. The highest BCUT2D eigenvalue weighted by Gasteiger charge is 2.77. The van der Waals surface area contributed by atoms with Gasteiger partial charge in [0.25, 0.3) is 0 Å². The van der Waals surface area contributed by atoms with Crippen molar-refractivity contribution >= 4 is 0 Å². The van der Waals surface area contributed by atoms with Gasteiger partial charge in [-0.15, -0.1) is 0 Å². The van der Waals surface area contributed by atoms with Crippen LogP contribution in [-0.4, -0.2) is 31.7 Å². The van der Waals surface area contributed by atoms with E-state index >= 15 is 0 Å². The Morgan fingerprint density at radius 1 is 1.00 bits per heavy atom. The van der Waals surface area contributed by atoms with E-state index in [0.29, 0.717) is 34.9 Å². The van der Waals surface area contributed by atoms with Crippen LogP contribution < -0.4 is 0 Å². The maximum Gasteiger partial charge on any atom is 0.163 e. The summed E-state index contributed by atoms with van der Waals surface area (Å²) in [5, 5.41) is 0. The molecule has 0 aromatic rings. The molecule has 32 heavy (non-hydrogen) atoms. The van der Waals surface area contributed by atoms with Gasteiger partial charge in [-0.25, -0.2) is 0 Å². The minimum Gasteiger partial charge on any atom is -0.381 e. The standard InChI is InChI=1S/C29H46O3/c1-18(7-8-20-17-31-26(2,3)32-20)22-9-10-23-21-15-25(30-6)29-16-19(29)11-14-28(29,5)24(21)12-13-27(22,23)4/h7-8,18-25H,9-17H2,1-6H3/b8-7+/t18-,19-,20-,21+,22-,23+,24+,25-,27-,28-,29+/m1/s1. The van der Waals surface area contributed by atoms with Gasteiger partial charge < -0.3 is 14.2 Å². The number of hydrogen-bond acceptors (Lipinski definition) is 3. The van der Waals surface area contributed by atoms with Crippen molar-refractivity contribution in [1.82, 2.24) is 0 Å². The van der Waals surface area contributed by atoms with Crippen LogP contribution in [0.3, 0.4) is 0 Å². The Morgan fingerprint density at radius 3 is 2.50 bits per heavy atom. The molecule has 1 aliphatic heterocycles. The summed E-state index contributed by atoms with van der Waals surface area (Å²) in [6.45, 7) is 12.5. The van der Waals surface area contributed by atoms with Crippen LogP contribution in [0.2, 0.25) is 0 Å². The molecule has 0 unspecified atom stereocenters. The van der Waals surface area contributed by atoms with Crippen molar-refractivity contribution in [2.75, 3.05) is 13.7 Å². The highest BCUT2D eigenvalue weighted by atomic mass is 16.7. The van der Waals surface area contributed by atoms with Gasteiger partial charge in [0.1, 0.15) is 6.10 Å². The monoisotopic (exact) mass is 442 g/mol. The molecule has 1 heterocycles. The smallest absolute Gasteiger partial charge is 0.163 e. The lowest BCUT2D eigenvalue weighted by Gasteiger charge is -2.61. The van der Waals surface area contributed by atoms with Gasteiger partial charge in [0.05, 0.1) is 12.7 Å². The average Bonchev–Trinajstić information content (AvgIpc) is 3.02. The molecule has 0 radical (unpaired) electrons. The molecule has 5 aliphatic carbocycles. The van der Waals surface area contributed by atoms with Crippen molar-refractivity contribution < 1.29 is 14.2 Å². The Morgan fingerprint density at radius 2 is 1.81 bits per heavy atom. The van der Waals surface area contributed by atoms with Crippen molar-refractivity contribution in [3.8, 4) is 0 Å². The summed E-state index contributed by atoms with van der Waals surface area (Å²) in [4.78, 5) is 0. The van der Waals surface area contributed by atoms with E-state index in [9.17, 15) is 0 Å². The third-order valence-electron chi connectivity index (χ3n) is 12.2. The lowest BCUT2D eigenvalue weighted by molar-refractivity contribution is -0.160. The molecule has 3 nitrogen and oxygen atoms in total. The predicted octanol–water partition coefficient (Wildman–Crippen LogP) is 6.61. The molecule has 0 aromatic carbocycles. The molecule has 0 amide bonds. The molecule has 0 bridgehead atoms. The van der Waals surface area contributed by atoms with Gasteiger partial charge in [-0.05, 0) is 112 Å². The van der Waals surface area contributed by atoms with E-state index in [-0.39, 0.29) is 6.10 Å². The number of hydrogen-bond donors (Lipinski definition) is 0. The first-order chi connectivity index (χ1) is 15.1. The molecule has 6 aliphatic rings. The fraction of sp³-hybridized carbons (Fsp3) is 0.931. The molecule has 0 N–H and O–H groups in total. The summed E-state index contributed by atoms with van der Waals surface area (Å²) in [5.41, 5.74) is 1.57. The molecule has 180 valence electrons. The zero-order valence-corrected chi connectivity index (χ0v) is 21.4. The van der Waals surface area contributed by atoms with Crippen LogP contribution in [0.15, 0.2) is 12.2 Å². The maximum atomic E-state index is 6.30. The fourth-order valence-electron chi connectivity index (χ4n) is 10.7. The third-order valence-corrected chi connectivity index (χ3v) is 12.2. The Bertz CT molecular complexity index is 789. The Labute approximate surface area is 196 Å². The number of allylic oxidation sites excluding steroid dienone is 1. The molecule has 6 fully saturated rings. The number of rotatable bonds is 4. The van der Waals surface area contributed by atoms with Crippen molar-refractivity contribution in [1.29, 1.82) is 0 Å². The third kappa shape index (κ3) is 2.83. The van der Waals surface area contributed by atoms with Crippen LogP contribution in [0.1, 0.15) is 86.0 Å². The second-order valence-corrected chi connectivity index (χ2v) is 13.6. The van der Waals surface area contributed by atoms with Gasteiger partial charge in [-0.3, -0.25) is 0 Å². The summed E-state index contributed by atoms with van der Waals surface area (Å²) < 4.78 is 18.1. The van der Waals surface area contributed by atoms with Crippen molar-refractivity contribution in [2.24, 2.45) is 51.8 Å². The summed E-state index contributed by atoms with van der Waals surface area (Å²) in [5.74, 6) is 4.64. The topological polar surface area (TPSA) is 27.7 Å². The highest BCUT2D eigenvalue weighted by molar-refractivity contribution is 5.26. The second kappa shape index (κ2) is 7.08. The van der Waals surface area contributed by atoms with Gasteiger partial charge in [0, 0.05) is 12.5 Å². The lowest BCUT2D eigenvalue weighted by Crippen LogP contribution is -2.57. The number of fused-ring (bicyclic) bond motifs is 4. The number of methoxy groups -OCH3 is 1. The molecule has 5 saturated carbocycles. The Hall–Kier alpha value is -0.380. The first-order valence-electron chi connectivity index (χ1n) is 13.7. The molecular weight excluding hydrogens is 396 g/mol. The van der Waals surface area contributed by atoms with Gasteiger partial charge in [0.15, 0.2) is 5.79 Å². The molecule has 6 rings (SSSR count). The minimum absolute atomic E-state index is 0.110. The van der Waals surface area contributed by atoms with Gasteiger partial charge in [0.2, 0.25) is 0 Å². The van der Waals surface area contributed by atoms with E-state index < -0.39 is 5.79 Å². The number of ether oxygens (including phenoxy) is 3. The Kier molecular flexibility index (Phi) is 4.89. The second-order valence-electron chi connectivity index (χ2n) is 13.6. The zero-order chi connectivity index (χ0) is 22.5. The molecule has 1 saturated heterocycles. The first kappa shape index (κ1) is 22.1. The van der Waals surface area contributed by atoms with Crippen LogP contribution in [0.4, 0.5) is 0 Å². The molecular formula is C29H46O3. The van der Waals surface area contributed by atoms with Gasteiger partial charge in [-0.2, -0.15) is 0 Å². The van der Waals surface area contributed by atoms with Crippen LogP contribution in [0.5, 0.6) is 0 Å². The van der Waals surface area contributed by atoms with Crippen molar-refractivity contribution in [3.05, 3.63) is 12.2 Å². The van der Waals surface area contributed by atoms with Gasteiger partial charge >= 0.3 is 0 Å². The van der Waals surface area contributed by atoms with E-state index in [1.807, 2.05) is 21.0 Å². The van der Waals surface area contributed by atoms with Crippen LogP contribution >= 0.6 is 0 Å². The van der Waals surface area contributed by atoms with E-state index in [1.165, 1.54) is 51.4 Å². The van der Waals surface area contributed by atoms with Crippen LogP contribution in [0, 0.1) is 51.8 Å². The van der Waals surface area contributed by atoms with E-state index in [1.54, 1.807) is 0 Å². The zero-order valence-electron chi connectivity index (χ0n) is 21.4. The average molecular weight is 443 g/mol. The normalized spacial score (nSPS) is 56.5. The minimum atomic E-state index is -0.436. The Balaban J connectivity index is 1.21. The first-order valence-corrected chi connectivity index (χ1v) is 13.7. The maximum absolute atomic E-state index is 6.30. The highest BCUT2D eigenvalue weighted by Crippen LogP contribution is 2.82. The van der Waals surface area contributed by atoms with E-state index in [2.05, 4.69) is 32.9 Å². The van der Waals surface area contributed by atoms with E-state index in [0.717, 1.165) is 29.6 Å². The van der Waals surface area contributed by atoms with Crippen LogP contribution in [0.25, 0.3) is 0 Å². The van der Waals surface area contributed by atoms with E-state index in [4.69, 9.17) is 14.2 Å². The molecule has 11 atom stereocenters. The largest absolute Gasteiger partial charge is 0.381 e. The van der Waals surface area contributed by atoms with Gasteiger partial charge in [-0.1, -0.05) is 32.9 Å². The summed E-state index contributed by atoms with van der Waals surface area (Å²) in [7, 11) is 2.01. The summed E-state index contributed by atoms with van der Waals surface area (Å²) in [6, 6.07) is 0. The summed E-state index contributed by atoms with van der Waals surface area (Å²) >= 11 is 0. The lowest BCUT2D eigenvalue weighted by atomic mass is 9.45. The SMILES string of the molecule is CO[C@@H]1C[C@H]2[C@@H]3CC[C@H]([C@H](C)/C=C/[C@@H]4COC(C)(C)O4)[C@@]3(C)CC[C@@H]2[C@@]2(C)CC[C@@H]3C[C@]312. The van der Waals surface area contributed by atoms with Crippen molar-refractivity contribution in [3.63, 3.8) is 0 Å². The van der Waals surface area contributed by atoms with Crippen molar-refractivity contribution in [2.45, 2.75) is 104 Å². The molecule has 1 spiro atoms. The summed E-state index contributed by atoms with van der Waals surface area (Å²) in [6.07, 6.45) is 16.8.